The minimum atomic E-state index is -4.69. The SMILES string of the molecule is CC(C)(O)Cn1cc(-c2nc(NC3CCN(S(=O)(=O)NC4CCC(C=O)CC4)CC3)ncc2C(F)(F)F)cn1. The van der Waals surface area contributed by atoms with Gasteiger partial charge in [-0.15, -0.1) is 0 Å². The third kappa shape index (κ3) is 7.74. The Balaban J connectivity index is 1.40. The molecule has 39 heavy (non-hydrogen) atoms. The van der Waals surface area contributed by atoms with Gasteiger partial charge in [-0.25, -0.2) is 9.97 Å². The van der Waals surface area contributed by atoms with E-state index < -0.39 is 27.6 Å². The number of aromatic nitrogens is 4. The lowest BCUT2D eigenvalue weighted by Crippen LogP contribution is -2.50. The van der Waals surface area contributed by atoms with E-state index in [-0.39, 0.29) is 54.8 Å². The van der Waals surface area contributed by atoms with E-state index in [0.29, 0.717) is 38.5 Å². The number of carbonyl (C=O) groups is 1. The molecule has 216 valence electrons. The Labute approximate surface area is 225 Å². The van der Waals surface area contributed by atoms with Gasteiger partial charge in [0.25, 0.3) is 10.2 Å². The molecule has 0 atom stereocenters. The minimum absolute atomic E-state index is 0.000363. The molecule has 2 aromatic heterocycles. The maximum Gasteiger partial charge on any atom is 0.419 e. The van der Waals surface area contributed by atoms with Crippen molar-refractivity contribution in [2.45, 2.75) is 82.8 Å². The van der Waals surface area contributed by atoms with Crippen LogP contribution in [0.15, 0.2) is 18.6 Å². The van der Waals surface area contributed by atoms with E-state index in [4.69, 9.17) is 0 Å². The summed E-state index contributed by atoms with van der Waals surface area (Å²) in [5, 5.41) is 17.1. The van der Waals surface area contributed by atoms with Gasteiger partial charge < -0.3 is 15.2 Å². The molecular formula is C24H34F3N7O4S. The molecule has 0 amide bonds. The lowest BCUT2D eigenvalue weighted by atomic mass is 9.87. The molecule has 1 aliphatic heterocycles. The molecule has 2 aromatic rings. The second kappa shape index (κ2) is 11.5. The number of nitrogens with one attached hydrogen (secondary N) is 2. The zero-order chi connectivity index (χ0) is 28.4. The quantitative estimate of drug-likeness (QED) is 0.389. The van der Waals surface area contributed by atoms with E-state index in [2.05, 4.69) is 25.1 Å². The number of aldehydes is 1. The highest BCUT2D eigenvalue weighted by Crippen LogP contribution is 2.36. The van der Waals surface area contributed by atoms with Crippen molar-refractivity contribution in [2.75, 3.05) is 18.4 Å². The summed E-state index contributed by atoms with van der Waals surface area (Å²) in [7, 11) is -3.70. The Morgan fingerprint density at radius 1 is 1.08 bits per heavy atom. The van der Waals surface area contributed by atoms with Gasteiger partial charge in [-0.2, -0.15) is 35.7 Å². The maximum absolute atomic E-state index is 13.7. The zero-order valence-corrected chi connectivity index (χ0v) is 22.7. The summed E-state index contributed by atoms with van der Waals surface area (Å²) in [6.45, 7) is 3.67. The number of piperidine rings is 1. The normalized spacial score (nSPS) is 22.1. The minimum Gasteiger partial charge on any atom is -0.389 e. The number of rotatable bonds is 9. The van der Waals surface area contributed by atoms with Crippen molar-refractivity contribution in [3.63, 3.8) is 0 Å². The molecule has 2 aliphatic rings. The fourth-order valence-corrected chi connectivity index (χ4v) is 6.43. The predicted molar refractivity (Wildman–Crippen MR) is 137 cm³/mol. The van der Waals surface area contributed by atoms with Crippen LogP contribution >= 0.6 is 0 Å². The van der Waals surface area contributed by atoms with E-state index in [1.807, 2.05) is 0 Å². The summed E-state index contributed by atoms with van der Waals surface area (Å²) in [6, 6.07) is -0.434. The first-order valence-electron chi connectivity index (χ1n) is 12.9. The van der Waals surface area contributed by atoms with Gasteiger partial charge in [-0.05, 0) is 52.4 Å². The first-order chi connectivity index (χ1) is 18.2. The molecule has 0 unspecified atom stereocenters. The fraction of sp³-hybridized carbons (Fsp3) is 0.667. The van der Waals surface area contributed by atoms with Crippen LogP contribution < -0.4 is 10.0 Å². The van der Waals surface area contributed by atoms with E-state index in [1.54, 1.807) is 13.8 Å². The van der Waals surface area contributed by atoms with Crippen LogP contribution in [0, 0.1) is 5.92 Å². The number of carbonyl (C=O) groups excluding carboxylic acids is 1. The first-order valence-corrected chi connectivity index (χ1v) is 14.4. The van der Waals surface area contributed by atoms with Gasteiger partial charge in [-0.1, -0.05) is 0 Å². The van der Waals surface area contributed by atoms with Gasteiger partial charge in [0.05, 0.1) is 24.0 Å². The van der Waals surface area contributed by atoms with E-state index >= 15 is 0 Å². The standard InChI is InChI=1S/C24H34F3N7O4S/c1-23(2,36)15-33-13-17(11-29-33)21-20(24(25,26)27)12-28-22(31-21)30-18-7-9-34(10-8-18)39(37,38)32-19-5-3-16(14-35)4-6-19/h11-14,16,18-19,32,36H,3-10,15H2,1-2H3,(H,28,30,31). The van der Waals surface area contributed by atoms with E-state index in [0.717, 1.165) is 12.5 Å². The van der Waals surface area contributed by atoms with Crippen LogP contribution in [0.1, 0.15) is 57.9 Å². The summed E-state index contributed by atoms with van der Waals surface area (Å²) in [5.41, 5.74) is -2.32. The molecule has 3 N–H and O–H groups in total. The third-order valence-electron chi connectivity index (χ3n) is 6.96. The van der Waals surface area contributed by atoms with Gasteiger partial charge in [0.1, 0.15) is 11.8 Å². The third-order valence-corrected chi connectivity index (χ3v) is 8.63. The number of nitrogens with zero attached hydrogens (tertiary/aromatic N) is 5. The van der Waals surface area contributed by atoms with Gasteiger partial charge in [0, 0.05) is 49.0 Å². The van der Waals surface area contributed by atoms with Gasteiger partial charge in [0.2, 0.25) is 5.95 Å². The highest BCUT2D eigenvalue weighted by Gasteiger charge is 2.36. The molecule has 1 saturated heterocycles. The lowest BCUT2D eigenvalue weighted by molar-refractivity contribution is -0.137. The number of hydrogen-bond acceptors (Lipinski definition) is 8. The summed E-state index contributed by atoms with van der Waals surface area (Å²) < 4.78 is 72.3. The highest BCUT2D eigenvalue weighted by atomic mass is 32.2. The van der Waals surface area contributed by atoms with Crippen LogP contribution in [0.5, 0.6) is 0 Å². The fourth-order valence-electron chi connectivity index (χ4n) is 4.93. The number of halogens is 3. The molecule has 2 fully saturated rings. The van der Waals surface area contributed by atoms with Crippen molar-refractivity contribution in [1.29, 1.82) is 0 Å². The second-order valence-corrected chi connectivity index (χ2v) is 12.6. The molecule has 1 saturated carbocycles. The van der Waals surface area contributed by atoms with E-state index in [9.17, 15) is 31.5 Å². The van der Waals surface area contributed by atoms with Crippen molar-refractivity contribution in [3.8, 4) is 11.3 Å². The van der Waals surface area contributed by atoms with Crippen molar-refractivity contribution in [1.82, 2.24) is 28.8 Å². The maximum atomic E-state index is 13.7. The molecular weight excluding hydrogens is 539 g/mol. The number of alkyl halides is 3. The van der Waals surface area contributed by atoms with Crippen LogP contribution in [0.2, 0.25) is 0 Å². The van der Waals surface area contributed by atoms with Crippen LogP contribution in [0.3, 0.4) is 0 Å². The second-order valence-electron chi connectivity index (χ2n) is 10.9. The van der Waals surface area contributed by atoms with Crippen LogP contribution in [-0.4, -0.2) is 74.6 Å². The zero-order valence-electron chi connectivity index (χ0n) is 21.9. The van der Waals surface area contributed by atoms with Crippen molar-refractivity contribution in [3.05, 3.63) is 24.2 Å². The predicted octanol–water partition coefficient (Wildman–Crippen LogP) is 2.60. The van der Waals surface area contributed by atoms with Crippen molar-refractivity contribution in [2.24, 2.45) is 5.92 Å². The van der Waals surface area contributed by atoms with Crippen molar-refractivity contribution < 1.29 is 31.5 Å². The molecule has 11 nitrogen and oxygen atoms in total. The number of aliphatic hydroxyl groups is 1. The Morgan fingerprint density at radius 2 is 1.74 bits per heavy atom. The summed E-state index contributed by atoms with van der Waals surface area (Å²) in [5.74, 6) is -0.0102. The molecule has 0 radical (unpaired) electrons. The van der Waals surface area contributed by atoms with Crippen molar-refractivity contribution >= 4 is 22.4 Å². The van der Waals surface area contributed by atoms with Gasteiger partial charge in [0.15, 0.2) is 0 Å². The highest BCUT2D eigenvalue weighted by molar-refractivity contribution is 7.87. The Kier molecular flexibility index (Phi) is 8.64. The van der Waals surface area contributed by atoms with Gasteiger partial charge in [-0.3, -0.25) is 4.68 Å². The molecule has 0 bridgehead atoms. The first kappa shape index (κ1) is 29.4. The summed E-state index contributed by atoms with van der Waals surface area (Å²) in [6.07, 6.45) is 3.01. The Hall–Kier alpha value is -2.62. The monoisotopic (exact) mass is 573 g/mol. The Bertz CT molecular complexity index is 1250. The smallest absolute Gasteiger partial charge is 0.389 e. The average Bonchev–Trinajstić information content (AvgIpc) is 3.31. The molecule has 1 aliphatic carbocycles. The molecule has 0 aromatic carbocycles. The van der Waals surface area contributed by atoms with E-state index in [1.165, 1.54) is 21.4 Å². The average molecular weight is 574 g/mol. The molecule has 0 spiro atoms. The lowest BCUT2D eigenvalue weighted by Gasteiger charge is -2.34. The molecule has 4 rings (SSSR count). The molecule has 3 heterocycles. The largest absolute Gasteiger partial charge is 0.419 e. The number of anilines is 1. The van der Waals surface area contributed by atoms with Crippen LogP contribution in [0.4, 0.5) is 19.1 Å². The van der Waals surface area contributed by atoms with Crippen LogP contribution in [0.25, 0.3) is 11.3 Å². The Morgan fingerprint density at radius 3 is 2.33 bits per heavy atom. The summed E-state index contributed by atoms with van der Waals surface area (Å²) >= 11 is 0. The summed E-state index contributed by atoms with van der Waals surface area (Å²) in [4.78, 5) is 19.0. The van der Waals surface area contributed by atoms with Crippen LogP contribution in [-0.2, 0) is 27.7 Å². The topological polar surface area (TPSA) is 142 Å². The van der Waals surface area contributed by atoms with Gasteiger partial charge >= 0.3 is 6.18 Å². The molecule has 15 heteroatoms. The number of hydrogen-bond donors (Lipinski definition) is 3.